The van der Waals surface area contributed by atoms with Crippen LogP contribution in [-0.2, 0) is 10.0 Å². The molecule has 2 aromatic carbocycles. The van der Waals surface area contributed by atoms with Crippen LogP contribution in [0.5, 0.6) is 0 Å². The average molecular weight is 444 g/mol. The van der Waals surface area contributed by atoms with Gasteiger partial charge < -0.3 is 4.42 Å². The minimum atomic E-state index is -3.90. The van der Waals surface area contributed by atoms with Crippen LogP contribution in [0.1, 0.15) is 15.9 Å². The average Bonchev–Trinajstić information content (AvgIpc) is 3.41. The standard InChI is InChI=1S/C21H14ClNO4S2/c22-15-8-9-17(16(13-15)21(24)14-5-2-1-3-6-14)23-29(25,26)20-11-10-19(28-20)18-7-4-12-27-18/h1-13,23H. The van der Waals surface area contributed by atoms with Gasteiger partial charge in [-0.2, -0.15) is 0 Å². The van der Waals surface area contributed by atoms with Crippen molar-refractivity contribution in [1.29, 1.82) is 0 Å². The number of carbonyl (C=O) groups excluding carboxylic acids is 1. The van der Waals surface area contributed by atoms with Crippen molar-refractivity contribution in [3.63, 3.8) is 0 Å². The fraction of sp³-hybridized carbons (Fsp3) is 0. The number of hydrogen-bond donors (Lipinski definition) is 1. The van der Waals surface area contributed by atoms with Gasteiger partial charge in [-0.15, -0.1) is 11.3 Å². The highest BCUT2D eigenvalue weighted by molar-refractivity contribution is 7.94. The van der Waals surface area contributed by atoms with Crippen LogP contribution in [0.2, 0.25) is 5.02 Å². The van der Waals surface area contributed by atoms with Crippen LogP contribution in [0.3, 0.4) is 0 Å². The monoisotopic (exact) mass is 443 g/mol. The van der Waals surface area contributed by atoms with Crippen molar-refractivity contribution in [2.24, 2.45) is 0 Å². The Morgan fingerprint density at radius 2 is 1.76 bits per heavy atom. The Kier molecular flexibility index (Phi) is 5.27. The van der Waals surface area contributed by atoms with Crippen LogP contribution in [0.15, 0.2) is 87.7 Å². The van der Waals surface area contributed by atoms with Crippen molar-refractivity contribution < 1.29 is 17.6 Å². The third-order valence-electron chi connectivity index (χ3n) is 4.12. The minimum absolute atomic E-state index is 0.108. The number of ketones is 1. The van der Waals surface area contributed by atoms with E-state index in [4.69, 9.17) is 16.0 Å². The summed E-state index contributed by atoms with van der Waals surface area (Å²) in [7, 11) is -3.90. The molecule has 0 radical (unpaired) electrons. The number of halogens is 1. The van der Waals surface area contributed by atoms with E-state index in [9.17, 15) is 13.2 Å². The minimum Gasteiger partial charge on any atom is -0.464 e. The predicted octanol–water partition coefficient (Wildman–Crippen LogP) is 5.69. The molecule has 4 aromatic rings. The van der Waals surface area contributed by atoms with Crippen LogP contribution in [-0.4, -0.2) is 14.2 Å². The van der Waals surface area contributed by atoms with Crippen LogP contribution in [0, 0.1) is 0 Å². The molecule has 0 saturated carbocycles. The Labute approximate surface area is 176 Å². The highest BCUT2D eigenvalue weighted by atomic mass is 35.5. The second kappa shape index (κ2) is 7.87. The summed E-state index contributed by atoms with van der Waals surface area (Å²) in [5.74, 6) is 0.260. The van der Waals surface area contributed by atoms with E-state index < -0.39 is 10.0 Å². The zero-order chi connectivity index (χ0) is 20.4. The molecule has 0 aliphatic carbocycles. The lowest BCUT2D eigenvalue weighted by atomic mass is 10.0. The maximum atomic E-state index is 12.9. The molecular formula is C21H14ClNO4S2. The van der Waals surface area contributed by atoms with Gasteiger partial charge in [0.05, 0.1) is 16.8 Å². The van der Waals surface area contributed by atoms with Crippen LogP contribution >= 0.6 is 22.9 Å². The number of furan rings is 1. The fourth-order valence-electron chi connectivity index (χ4n) is 2.75. The van der Waals surface area contributed by atoms with Crippen molar-refractivity contribution in [1.82, 2.24) is 0 Å². The first kappa shape index (κ1) is 19.4. The maximum Gasteiger partial charge on any atom is 0.271 e. The molecule has 0 saturated heterocycles. The number of anilines is 1. The van der Waals surface area contributed by atoms with Gasteiger partial charge in [0.2, 0.25) is 0 Å². The summed E-state index contributed by atoms with van der Waals surface area (Å²) in [5.41, 5.74) is 0.776. The maximum absolute atomic E-state index is 12.9. The van der Waals surface area contributed by atoms with Gasteiger partial charge in [-0.25, -0.2) is 8.42 Å². The number of hydrogen-bond acceptors (Lipinski definition) is 5. The zero-order valence-corrected chi connectivity index (χ0v) is 17.2. The second-order valence-electron chi connectivity index (χ2n) is 6.09. The summed E-state index contributed by atoms with van der Waals surface area (Å²) < 4.78 is 33.7. The molecule has 0 bridgehead atoms. The molecule has 0 atom stereocenters. The number of carbonyl (C=O) groups is 1. The summed E-state index contributed by atoms with van der Waals surface area (Å²) in [5, 5.41) is 0.337. The summed E-state index contributed by atoms with van der Waals surface area (Å²) in [6, 6.07) is 19.7. The van der Waals surface area contributed by atoms with E-state index in [1.807, 2.05) is 0 Å². The predicted molar refractivity (Wildman–Crippen MR) is 114 cm³/mol. The lowest BCUT2D eigenvalue weighted by Crippen LogP contribution is -2.15. The molecule has 2 aromatic heterocycles. The van der Waals surface area contributed by atoms with Crippen LogP contribution in [0.4, 0.5) is 5.69 Å². The molecule has 0 fully saturated rings. The number of nitrogens with one attached hydrogen (secondary N) is 1. The Morgan fingerprint density at radius 3 is 2.48 bits per heavy atom. The van der Waals surface area contributed by atoms with E-state index in [1.165, 1.54) is 30.5 Å². The highest BCUT2D eigenvalue weighted by Gasteiger charge is 2.22. The van der Waals surface area contributed by atoms with Gasteiger partial charge >= 0.3 is 0 Å². The fourth-order valence-corrected chi connectivity index (χ4v) is 5.28. The van der Waals surface area contributed by atoms with Gasteiger partial charge in [0, 0.05) is 16.1 Å². The smallest absolute Gasteiger partial charge is 0.271 e. The van der Waals surface area contributed by atoms with Gasteiger partial charge in [-0.1, -0.05) is 41.9 Å². The summed E-state index contributed by atoms with van der Waals surface area (Å²) in [6.07, 6.45) is 1.52. The lowest BCUT2D eigenvalue weighted by Gasteiger charge is -2.12. The molecule has 0 aliphatic heterocycles. The third kappa shape index (κ3) is 4.12. The molecule has 8 heteroatoms. The summed E-state index contributed by atoms with van der Waals surface area (Å²) in [6.45, 7) is 0. The molecule has 146 valence electrons. The van der Waals surface area contributed by atoms with Crippen molar-refractivity contribution in [3.8, 4) is 10.6 Å². The molecule has 0 unspecified atom stereocenters. The van der Waals surface area contributed by atoms with Crippen molar-refractivity contribution in [2.45, 2.75) is 4.21 Å². The third-order valence-corrected chi connectivity index (χ3v) is 7.31. The number of benzene rings is 2. The molecule has 29 heavy (non-hydrogen) atoms. The first-order chi connectivity index (χ1) is 13.9. The van der Waals surface area contributed by atoms with Gasteiger partial charge in [-0.05, 0) is 42.5 Å². The van der Waals surface area contributed by atoms with Gasteiger partial charge in [-0.3, -0.25) is 9.52 Å². The number of thiophene rings is 1. The highest BCUT2D eigenvalue weighted by Crippen LogP contribution is 2.33. The zero-order valence-electron chi connectivity index (χ0n) is 14.8. The molecule has 1 N–H and O–H groups in total. The summed E-state index contributed by atoms with van der Waals surface area (Å²) >= 11 is 7.13. The Bertz CT molecular complexity index is 1260. The first-order valence-corrected chi connectivity index (χ1v) is 11.2. The molecule has 0 amide bonds. The van der Waals surface area contributed by atoms with Crippen molar-refractivity contribution >= 4 is 44.4 Å². The second-order valence-corrected chi connectivity index (χ2v) is 9.52. The summed E-state index contributed by atoms with van der Waals surface area (Å²) in [4.78, 5) is 13.6. The van der Waals surface area contributed by atoms with Crippen LogP contribution in [0.25, 0.3) is 10.6 Å². The Hall–Kier alpha value is -2.87. The van der Waals surface area contributed by atoms with E-state index in [0.29, 0.717) is 21.2 Å². The SMILES string of the molecule is O=C(c1ccccc1)c1cc(Cl)ccc1NS(=O)(=O)c1ccc(-c2ccco2)s1. The largest absolute Gasteiger partial charge is 0.464 e. The van der Waals surface area contributed by atoms with E-state index >= 15 is 0 Å². The number of sulfonamides is 1. The van der Waals surface area contributed by atoms with Gasteiger partial charge in [0.25, 0.3) is 10.0 Å². The molecular weight excluding hydrogens is 430 g/mol. The molecule has 4 rings (SSSR count). The van der Waals surface area contributed by atoms with E-state index in [0.717, 1.165) is 11.3 Å². The molecule has 0 spiro atoms. The van der Waals surface area contributed by atoms with Crippen molar-refractivity contribution in [3.05, 3.63) is 95.2 Å². The number of rotatable bonds is 6. The lowest BCUT2D eigenvalue weighted by molar-refractivity contribution is 0.103. The Morgan fingerprint density at radius 1 is 0.966 bits per heavy atom. The molecule has 0 aliphatic rings. The Balaban J connectivity index is 1.68. The van der Waals surface area contributed by atoms with E-state index in [1.54, 1.807) is 48.5 Å². The van der Waals surface area contributed by atoms with Gasteiger partial charge in [0.15, 0.2) is 5.78 Å². The van der Waals surface area contributed by atoms with Crippen molar-refractivity contribution in [2.75, 3.05) is 4.72 Å². The molecule has 5 nitrogen and oxygen atoms in total. The topological polar surface area (TPSA) is 76.4 Å². The van der Waals surface area contributed by atoms with Crippen LogP contribution < -0.4 is 4.72 Å². The first-order valence-electron chi connectivity index (χ1n) is 8.50. The normalized spacial score (nSPS) is 11.3. The van der Waals surface area contributed by atoms with E-state index in [2.05, 4.69) is 4.72 Å². The van der Waals surface area contributed by atoms with E-state index in [-0.39, 0.29) is 21.2 Å². The quantitative estimate of drug-likeness (QED) is 0.388. The van der Waals surface area contributed by atoms with Gasteiger partial charge in [0.1, 0.15) is 9.97 Å². The molecule has 2 heterocycles.